The van der Waals surface area contributed by atoms with Gasteiger partial charge in [0.15, 0.2) is 0 Å². The van der Waals surface area contributed by atoms with Crippen molar-refractivity contribution in [1.29, 1.82) is 0 Å². The van der Waals surface area contributed by atoms with Gasteiger partial charge in [0.25, 0.3) is 0 Å². The van der Waals surface area contributed by atoms with E-state index in [1.807, 2.05) is 11.3 Å². The molecule has 2 heterocycles. The Balaban J connectivity index is 1.69. The van der Waals surface area contributed by atoms with Crippen molar-refractivity contribution in [2.75, 3.05) is 26.2 Å². The van der Waals surface area contributed by atoms with Crippen molar-refractivity contribution in [3.8, 4) is 0 Å². The smallest absolute Gasteiger partial charge is 0.0674 e. The summed E-state index contributed by atoms with van der Waals surface area (Å²) >= 11 is 1.88. The Bertz CT molecular complexity index is 380. The van der Waals surface area contributed by atoms with Gasteiger partial charge in [0.05, 0.1) is 12.7 Å². The van der Waals surface area contributed by atoms with Crippen LogP contribution in [-0.2, 0) is 11.3 Å². The first-order chi connectivity index (χ1) is 9.19. The summed E-state index contributed by atoms with van der Waals surface area (Å²) in [6.07, 6.45) is 1.55. The summed E-state index contributed by atoms with van der Waals surface area (Å²) in [5.41, 5.74) is 0. The minimum atomic E-state index is 0.378. The summed E-state index contributed by atoms with van der Waals surface area (Å²) in [6, 6.07) is 5.01. The molecule has 3 nitrogen and oxygen atoms in total. The Morgan fingerprint density at radius 2 is 2.32 bits per heavy atom. The monoisotopic (exact) mass is 282 g/mol. The summed E-state index contributed by atoms with van der Waals surface area (Å²) in [5, 5.41) is 3.55. The van der Waals surface area contributed by atoms with Gasteiger partial charge in [0.2, 0.25) is 0 Å². The highest BCUT2D eigenvalue weighted by Crippen LogP contribution is 2.15. The van der Waals surface area contributed by atoms with E-state index in [2.05, 4.69) is 43.1 Å². The van der Waals surface area contributed by atoms with Crippen molar-refractivity contribution < 1.29 is 4.74 Å². The molecule has 0 amide bonds. The molecule has 0 spiro atoms. The molecule has 2 rings (SSSR count). The Kier molecular flexibility index (Phi) is 5.82. The topological polar surface area (TPSA) is 24.5 Å². The van der Waals surface area contributed by atoms with Crippen molar-refractivity contribution in [3.05, 3.63) is 21.9 Å². The molecule has 1 fully saturated rings. The molecule has 0 aromatic carbocycles. The van der Waals surface area contributed by atoms with Crippen molar-refractivity contribution in [1.82, 2.24) is 10.2 Å². The van der Waals surface area contributed by atoms with Crippen LogP contribution in [0.2, 0.25) is 0 Å². The first-order valence-corrected chi connectivity index (χ1v) is 8.12. The summed E-state index contributed by atoms with van der Waals surface area (Å²) in [6.45, 7) is 11.7. The van der Waals surface area contributed by atoms with Crippen molar-refractivity contribution in [2.45, 2.75) is 45.9 Å². The number of aryl methyl sites for hydroxylation is 1. The Hall–Kier alpha value is -0.420. The van der Waals surface area contributed by atoms with Crippen molar-refractivity contribution in [2.24, 2.45) is 0 Å². The molecule has 19 heavy (non-hydrogen) atoms. The van der Waals surface area contributed by atoms with Gasteiger partial charge in [0, 0.05) is 42.0 Å². The van der Waals surface area contributed by atoms with E-state index in [-0.39, 0.29) is 0 Å². The third-order valence-electron chi connectivity index (χ3n) is 3.72. The van der Waals surface area contributed by atoms with Crippen LogP contribution in [0.5, 0.6) is 0 Å². The molecule has 108 valence electrons. The number of thiophene rings is 1. The fourth-order valence-electron chi connectivity index (χ4n) is 2.58. The Morgan fingerprint density at radius 3 is 3.00 bits per heavy atom. The zero-order chi connectivity index (χ0) is 13.7. The van der Waals surface area contributed by atoms with E-state index in [9.17, 15) is 0 Å². The molecule has 1 aromatic heterocycles. The molecule has 1 aromatic rings. The number of ether oxygens (including phenoxy) is 1. The highest BCUT2D eigenvalue weighted by Gasteiger charge is 2.24. The third kappa shape index (κ3) is 4.56. The summed E-state index contributed by atoms with van der Waals surface area (Å²) < 4.78 is 5.73. The number of morpholine rings is 1. The maximum Gasteiger partial charge on any atom is 0.0674 e. The predicted molar refractivity (Wildman–Crippen MR) is 81.8 cm³/mol. The average Bonchev–Trinajstić information content (AvgIpc) is 2.81. The molecule has 1 aliphatic heterocycles. The number of nitrogens with zero attached hydrogens (tertiary/aromatic N) is 1. The van der Waals surface area contributed by atoms with Crippen LogP contribution in [0.4, 0.5) is 0 Å². The second-order valence-electron chi connectivity index (χ2n) is 5.39. The average molecular weight is 282 g/mol. The zero-order valence-corrected chi connectivity index (χ0v) is 13.1. The van der Waals surface area contributed by atoms with E-state index in [4.69, 9.17) is 4.74 Å². The molecule has 0 bridgehead atoms. The lowest BCUT2D eigenvalue weighted by Gasteiger charge is -2.38. The first-order valence-electron chi connectivity index (χ1n) is 7.30. The zero-order valence-electron chi connectivity index (χ0n) is 12.3. The third-order valence-corrected chi connectivity index (χ3v) is 4.72. The maximum atomic E-state index is 5.73. The minimum absolute atomic E-state index is 0.378. The fraction of sp³-hybridized carbons (Fsp3) is 0.733. The standard InChI is InChI=1S/C15H26N2OS/c1-4-14-11-18-12(2)10-17(14)8-7-16-9-15-6-5-13(3)19-15/h5-6,12,14,16H,4,7-11H2,1-3H3. The van der Waals surface area contributed by atoms with E-state index in [0.717, 1.165) is 32.8 Å². The van der Waals surface area contributed by atoms with E-state index in [1.54, 1.807) is 0 Å². The summed E-state index contributed by atoms with van der Waals surface area (Å²) in [7, 11) is 0. The Morgan fingerprint density at radius 1 is 1.47 bits per heavy atom. The fourth-order valence-corrected chi connectivity index (χ4v) is 3.44. The second kappa shape index (κ2) is 7.39. The van der Waals surface area contributed by atoms with Gasteiger partial charge in [-0.05, 0) is 32.4 Å². The molecule has 2 unspecified atom stereocenters. The van der Waals surface area contributed by atoms with Gasteiger partial charge in [-0.2, -0.15) is 0 Å². The van der Waals surface area contributed by atoms with Crippen molar-refractivity contribution >= 4 is 11.3 Å². The van der Waals surface area contributed by atoms with Crippen molar-refractivity contribution in [3.63, 3.8) is 0 Å². The van der Waals surface area contributed by atoms with Crippen LogP contribution in [0.3, 0.4) is 0 Å². The van der Waals surface area contributed by atoms with Crippen LogP contribution in [0, 0.1) is 6.92 Å². The van der Waals surface area contributed by atoms with E-state index in [0.29, 0.717) is 12.1 Å². The molecule has 1 N–H and O–H groups in total. The molecular weight excluding hydrogens is 256 g/mol. The van der Waals surface area contributed by atoms with Gasteiger partial charge < -0.3 is 10.1 Å². The number of hydrogen-bond acceptors (Lipinski definition) is 4. The number of rotatable bonds is 6. The molecule has 4 heteroatoms. The molecule has 1 saturated heterocycles. The van der Waals surface area contributed by atoms with Crippen LogP contribution in [-0.4, -0.2) is 43.3 Å². The Labute approximate surface area is 121 Å². The minimum Gasteiger partial charge on any atom is -0.376 e. The number of nitrogens with one attached hydrogen (secondary N) is 1. The highest BCUT2D eigenvalue weighted by atomic mass is 32.1. The SMILES string of the molecule is CCC1COC(C)CN1CCNCc1ccc(C)s1. The molecule has 0 aliphatic carbocycles. The molecule has 2 atom stereocenters. The number of hydrogen-bond donors (Lipinski definition) is 1. The van der Waals surface area contributed by atoms with E-state index < -0.39 is 0 Å². The van der Waals surface area contributed by atoms with E-state index >= 15 is 0 Å². The van der Waals surface area contributed by atoms with Gasteiger partial charge in [-0.25, -0.2) is 0 Å². The molecular formula is C15H26N2OS. The van der Waals surface area contributed by atoms with Gasteiger partial charge in [-0.1, -0.05) is 6.92 Å². The largest absolute Gasteiger partial charge is 0.376 e. The summed E-state index contributed by atoms with van der Waals surface area (Å²) in [5.74, 6) is 0. The first kappa shape index (κ1) is 15.0. The van der Waals surface area contributed by atoms with Gasteiger partial charge >= 0.3 is 0 Å². The van der Waals surface area contributed by atoms with E-state index in [1.165, 1.54) is 16.2 Å². The van der Waals surface area contributed by atoms with Crippen LogP contribution < -0.4 is 5.32 Å². The molecule has 0 radical (unpaired) electrons. The second-order valence-corrected chi connectivity index (χ2v) is 6.76. The van der Waals surface area contributed by atoms with Gasteiger partial charge in [-0.15, -0.1) is 11.3 Å². The molecule has 1 aliphatic rings. The van der Waals surface area contributed by atoms with Crippen LogP contribution >= 0.6 is 11.3 Å². The quantitative estimate of drug-likeness (QED) is 0.812. The van der Waals surface area contributed by atoms with Crippen LogP contribution in [0.15, 0.2) is 12.1 Å². The lowest BCUT2D eigenvalue weighted by Crippen LogP contribution is -2.50. The molecule has 0 saturated carbocycles. The summed E-state index contributed by atoms with van der Waals surface area (Å²) in [4.78, 5) is 5.39. The lowest BCUT2D eigenvalue weighted by molar-refractivity contribution is -0.0551. The van der Waals surface area contributed by atoms with Crippen LogP contribution in [0.1, 0.15) is 30.0 Å². The maximum absolute atomic E-state index is 5.73. The van der Waals surface area contributed by atoms with Gasteiger partial charge in [-0.3, -0.25) is 4.90 Å². The predicted octanol–water partition coefficient (Wildman–Crippen LogP) is 2.65. The lowest BCUT2D eigenvalue weighted by atomic mass is 10.1. The van der Waals surface area contributed by atoms with Crippen LogP contribution in [0.25, 0.3) is 0 Å². The van der Waals surface area contributed by atoms with Gasteiger partial charge in [0.1, 0.15) is 0 Å². The highest BCUT2D eigenvalue weighted by molar-refractivity contribution is 7.11. The normalized spacial score (nSPS) is 24.8.